The molecule has 0 unspecified atom stereocenters. The van der Waals surface area contributed by atoms with Gasteiger partial charge in [-0.15, -0.1) is 11.3 Å². The maximum atomic E-state index is 12.2. The van der Waals surface area contributed by atoms with Gasteiger partial charge in [0, 0.05) is 36.5 Å². The molecule has 0 spiro atoms. The summed E-state index contributed by atoms with van der Waals surface area (Å²) in [5.74, 6) is -0.0414. The number of aromatic nitrogens is 1. The number of piperidine rings is 1. The summed E-state index contributed by atoms with van der Waals surface area (Å²) in [4.78, 5) is 6.96. The number of halogens is 1. The molecule has 3 rings (SSSR count). The van der Waals surface area contributed by atoms with Gasteiger partial charge in [0.1, 0.15) is 0 Å². The van der Waals surface area contributed by atoms with E-state index in [0.29, 0.717) is 18.0 Å². The molecule has 1 aliphatic rings. The lowest BCUT2D eigenvalue weighted by Crippen LogP contribution is -2.29. The lowest BCUT2D eigenvalue weighted by molar-refractivity contribution is 0.575. The molecular formula is C17H22ClN3O2S2. The molecule has 1 aromatic carbocycles. The SMILES string of the molecule is O=S(=O)(Cc1ccc(Cl)cc1)NCCc1csc(N2CCCCC2)n1. The van der Waals surface area contributed by atoms with Crippen molar-refractivity contribution in [3.8, 4) is 0 Å². The highest BCUT2D eigenvalue weighted by Crippen LogP contribution is 2.24. The molecule has 1 aliphatic heterocycles. The van der Waals surface area contributed by atoms with E-state index in [9.17, 15) is 8.42 Å². The summed E-state index contributed by atoms with van der Waals surface area (Å²) in [6.45, 7) is 2.50. The summed E-state index contributed by atoms with van der Waals surface area (Å²) in [5, 5.41) is 3.68. The predicted octanol–water partition coefficient (Wildman–Crippen LogP) is 3.45. The first-order chi connectivity index (χ1) is 12.0. The Balaban J connectivity index is 1.48. The summed E-state index contributed by atoms with van der Waals surface area (Å²) in [6.07, 6.45) is 4.34. The summed E-state index contributed by atoms with van der Waals surface area (Å²) in [7, 11) is -3.36. The fourth-order valence-corrected chi connectivity index (χ4v) is 5.01. The monoisotopic (exact) mass is 399 g/mol. The Morgan fingerprint density at radius 2 is 1.88 bits per heavy atom. The van der Waals surface area contributed by atoms with Crippen LogP contribution >= 0.6 is 22.9 Å². The zero-order chi connectivity index (χ0) is 17.7. The van der Waals surface area contributed by atoms with Crippen molar-refractivity contribution in [1.29, 1.82) is 0 Å². The van der Waals surface area contributed by atoms with Crippen molar-refractivity contribution in [3.05, 3.63) is 45.9 Å². The highest BCUT2D eigenvalue weighted by molar-refractivity contribution is 7.88. The van der Waals surface area contributed by atoms with Crippen LogP contribution in [0.5, 0.6) is 0 Å². The lowest BCUT2D eigenvalue weighted by Gasteiger charge is -2.25. The third-order valence-corrected chi connectivity index (χ3v) is 6.70. The minimum atomic E-state index is -3.36. The van der Waals surface area contributed by atoms with E-state index in [-0.39, 0.29) is 5.75 Å². The molecule has 0 bridgehead atoms. The molecule has 0 saturated carbocycles. The first kappa shape index (κ1) is 18.6. The Hall–Kier alpha value is -1.15. The second-order valence-corrected chi connectivity index (χ2v) is 9.28. The molecule has 25 heavy (non-hydrogen) atoms. The van der Waals surface area contributed by atoms with Crippen LogP contribution in [-0.2, 0) is 22.2 Å². The molecule has 0 radical (unpaired) electrons. The van der Waals surface area contributed by atoms with Gasteiger partial charge in [0.05, 0.1) is 11.4 Å². The Bertz CT molecular complexity index is 784. The standard InChI is InChI=1S/C17H22ClN3O2S2/c18-15-6-4-14(5-7-15)13-25(22,23)19-9-8-16-12-24-17(20-16)21-10-2-1-3-11-21/h4-7,12,19H,1-3,8-11,13H2. The van der Waals surface area contributed by atoms with E-state index in [1.807, 2.05) is 5.38 Å². The van der Waals surface area contributed by atoms with Crippen LogP contribution in [0.15, 0.2) is 29.6 Å². The topological polar surface area (TPSA) is 62.3 Å². The van der Waals surface area contributed by atoms with Crippen molar-refractivity contribution >= 4 is 38.1 Å². The molecule has 0 atom stereocenters. The lowest BCUT2D eigenvalue weighted by atomic mass is 10.1. The molecule has 2 heterocycles. The van der Waals surface area contributed by atoms with Gasteiger partial charge in [-0.05, 0) is 37.0 Å². The number of anilines is 1. The second kappa shape index (κ2) is 8.49. The number of hydrogen-bond donors (Lipinski definition) is 1. The molecule has 0 aliphatic carbocycles. The fourth-order valence-electron chi connectivity index (χ4n) is 2.83. The van der Waals surface area contributed by atoms with Gasteiger partial charge < -0.3 is 4.90 Å². The highest BCUT2D eigenvalue weighted by atomic mass is 35.5. The average molecular weight is 400 g/mol. The number of thiazole rings is 1. The summed E-state index contributed by atoms with van der Waals surface area (Å²) < 4.78 is 27.0. The minimum Gasteiger partial charge on any atom is -0.348 e. The Kier molecular flexibility index (Phi) is 6.33. The molecule has 1 fully saturated rings. The van der Waals surface area contributed by atoms with E-state index in [1.165, 1.54) is 19.3 Å². The van der Waals surface area contributed by atoms with Gasteiger partial charge >= 0.3 is 0 Å². The van der Waals surface area contributed by atoms with Gasteiger partial charge in [-0.3, -0.25) is 0 Å². The van der Waals surface area contributed by atoms with E-state index in [1.54, 1.807) is 35.6 Å². The van der Waals surface area contributed by atoms with Crippen LogP contribution in [0.1, 0.15) is 30.5 Å². The van der Waals surface area contributed by atoms with E-state index in [2.05, 4.69) is 14.6 Å². The van der Waals surface area contributed by atoms with Gasteiger partial charge in [0.2, 0.25) is 10.0 Å². The molecule has 136 valence electrons. The second-order valence-electron chi connectivity index (χ2n) is 6.20. The van der Waals surface area contributed by atoms with Crippen LogP contribution in [-0.4, -0.2) is 33.0 Å². The largest absolute Gasteiger partial charge is 0.348 e. The van der Waals surface area contributed by atoms with Gasteiger partial charge in [-0.25, -0.2) is 18.1 Å². The van der Waals surface area contributed by atoms with Gasteiger partial charge in [0.15, 0.2) is 5.13 Å². The third kappa shape index (κ3) is 5.67. The van der Waals surface area contributed by atoms with Crippen molar-refractivity contribution in [2.45, 2.75) is 31.4 Å². The smallest absolute Gasteiger partial charge is 0.215 e. The highest BCUT2D eigenvalue weighted by Gasteiger charge is 2.15. The molecular weight excluding hydrogens is 378 g/mol. The number of nitrogens with one attached hydrogen (secondary N) is 1. The van der Waals surface area contributed by atoms with Crippen molar-refractivity contribution in [1.82, 2.24) is 9.71 Å². The molecule has 1 saturated heterocycles. The summed E-state index contributed by atoms with van der Waals surface area (Å²) in [5.41, 5.74) is 1.66. The van der Waals surface area contributed by atoms with Gasteiger partial charge in [0.25, 0.3) is 0 Å². The number of rotatable bonds is 7. The van der Waals surface area contributed by atoms with Crippen LogP contribution in [0, 0.1) is 0 Å². The molecule has 1 N–H and O–H groups in total. The predicted molar refractivity (Wildman–Crippen MR) is 104 cm³/mol. The number of hydrogen-bond acceptors (Lipinski definition) is 5. The number of sulfonamides is 1. The number of benzene rings is 1. The van der Waals surface area contributed by atoms with Crippen LogP contribution in [0.3, 0.4) is 0 Å². The average Bonchev–Trinajstić information content (AvgIpc) is 3.06. The number of nitrogens with zero attached hydrogens (tertiary/aromatic N) is 2. The molecule has 5 nitrogen and oxygen atoms in total. The Morgan fingerprint density at radius 3 is 2.60 bits per heavy atom. The Morgan fingerprint density at radius 1 is 1.16 bits per heavy atom. The quantitative estimate of drug-likeness (QED) is 0.774. The molecule has 0 amide bonds. The van der Waals surface area contributed by atoms with E-state index < -0.39 is 10.0 Å². The molecule has 8 heteroatoms. The fraction of sp³-hybridized carbons (Fsp3) is 0.471. The van der Waals surface area contributed by atoms with Crippen LogP contribution < -0.4 is 9.62 Å². The third-order valence-electron chi connectivity index (χ3n) is 4.14. The van der Waals surface area contributed by atoms with Crippen LogP contribution in [0.2, 0.25) is 5.02 Å². The van der Waals surface area contributed by atoms with Crippen molar-refractivity contribution in [2.24, 2.45) is 0 Å². The maximum absolute atomic E-state index is 12.2. The normalized spacial score (nSPS) is 15.5. The van der Waals surface area contributed by atoms with E-state index >= 15 is 0 Å². The van der Waals surface area contributed by atoms with Gasteiger partial charge in [-0.1, -0.05) is 23.7 Å². The molecule has 1 aromatic heterocycles. The summed E-state index contributed by atoms with van der Waals surface area (Å²) >= 11 is 7.46. The van der Waals surface area contributed by atoms with E-state index in [4.69, 9.17) is 11.6 Å². The first-order valence-corrected chi connectivity index (χ1v) is 11.3. The van der Waals surface area contributed by atoms with Crippen molar-refractivity contribution < 1.29 is 8.42 Å². The van der Waals surface area contributed by atoms with Crippen molar-refractivity contribution in [2.75, 3.05) is 24.5 Å². The summed E-state index contributed by atoms with van der Waals surface area (Å²) in [6, 6.07) is 6.85. The van der Waals surface area contributed by atoms with Crippen LogP contribution in [0.25, 0.3) is 0 Å². The minimum absolute atomic E-state index is 0.0414. The van der Waals surface area contributed by atoms with Crippen LogP contribution in [0.4, 0.5) is 5.13 Å². The Labute approximate surface area is 158 Å². The zero-order valence-electron chi connectivity index (χ0n) is 13.9. The zero-order valence-corrected chi connectivity index (χ0v) is 16.3. The maximum Gasteiger partial charge on any atom is 0.215 e. The van der Waals surface area contributed by atoms with Gasteiger partial charge in [-0.2, -0.15) is 0 Å². The van der Waals surface area contributed by atoms with E-state index in [0.717, 1.165) is 29.5 Å². The van der Waals surface area contributed by atoms with Crippen molar-refractivity contribution in [3.63, 3.8) is 0 Å². The first-order valence-electron chi connectivity index (χ1n) is 8.43. The molecule has 2 aromatic rings.